The van der Waals surface area contributed by atoms with Crippen molar-refractivity contribution in [3.8, 4) is 5.75 Å². The van der Waals surface area contributed by atoms with Crippen molar-refractivity contribution >= 4 is 0 Å². The molecule has 1 N–H and O–H groups in total. The number of ether oxygens (including phenoxy) is 2. The zero-order valence-corrected chi connectivity index (χ0v) is 12.0. The third-order valence-electron chi connectivity index (χ3n) is 3.79. The summed E-state index contributed by atoms with van der Waals surface area (Å²) in [5.74, 6) is 1.70. The third kappa shape index (κ3) is 4.22. The average Bonchev–Trinajstić information content (AvgIpc) is 2.92. The Balaban J connectivity index is 1.98. The standard InChI is InChI=1S/C16H25NO2/c1-3-17-15(10-13-8-9-19-12-13)11-14-6-4-5-7-16(14)18-2/h4-7,13,15,17H,3,8-12H2,1-2H3. The highest BCUT2D eigenvalue weighted by atomic mass is 16.5. The molecule has 1 fully saturated rings. The Labute approximate surface area is 116 Å². The monoisotopic (exact) mass is 263 g/mol. The minimum absolute atomic E-state index is 0.507. The van der Waals surface area contributed by atoms with Gasteiger partial charge in [-0.1, -0.05) is 25.1 Å². The van der Waals surface area contributed by atoms with Gasteiger partial charge in [0, 0.05) is 19.3 Å². The van der Waals surface area contributed by atoms with E-state index in [1.165, 1.54) is 18.4 Å². The van der Waals surface area contributed by atoms with Gasteiger partial charge in [0.1, 0.15) is 5.75 Å². The molecule has 0 aromatic heterocycles. The Morgan fingerprint density at radius 2 is 2.26 bits per heavy atom. The second-order valence-corrected chi connectivity index (χ2v) is 5.24. The lowest BCUT2D eigenvalue weighted by atomic mass is 9.94. The molecule has 3 nitrogen and oxygen atoms in total. The Bertz CT molecular complexity index is 375. The van der Waals surface area contributed by atoms with Crippen LogP contribution in [0.1, 0.15) is 25.3 Å². The van der Waals surface area contributed by atoms with E-state index >= 15 is 0 Å². The summed E-state index contributed by atoms with van der Waals surface area (Å²) in [6.07, 6.45) is 3.41. The van der Waals surface area contributed by atoms with Gasteiger partial charge < -0.3 is 14.8 Å². The summed E-state index contributed by atoms with van der Waals surface area (Å²) < 4.78 is 10.9. The molecular weight excluding hydrogens is 238 g/mol. The van der Waals surface area contributed by atoms with E-state index in [9.17, 15) is 0 Å². The fourth-order valence-corrected chi connectivity index (χ4v) is 2.84. The summed E-state index contributed by atoms with van der Waals surface area (Å²) in [5.41, 5.74) is 1.29. The fraction of sp³-hybridized carbons (Fsp3) is 0.625. The van der Waals surface area contributed by atoms with Crippen LogP contribution in [-0.4, -0.2) is 32.9 Å². The molecule has 0 saturated carbocycles. The Morgan fingerprint density at radius 1 is 1.42 bits per heavy atom. The smallest absolute Gasteiger partial charge is 0.122 e. The van der Waals surface area contributed by atoms with Crippen LogP contribution in [-0.2, 0) is 11.2 Å². The summed E-state index contributed by atoms with van der Waals surface area (Å²) in [6, 6.07) is 8.81. The van der Waals surface area contributed by atoms with Crippen molar-refractivity contribution in [2.24, 2.45) is 5.92 Å². The van der Waals surface area contributed by atoms with Crippen molar-refractivity contribution in [3.63, 3.8) is 0 Å². The van der Waals surface area contributed by atoms with Gasteiger partial charge in [-0.15, -0.1) is 0 Å². The molecule has 1 heterocycles. The van der Waals surface area contributed by atoms with Crippen LogP contribution < -0.4 is 10.1 Å². The number of nitrogens with one attached hydrogen (secondary N) is 1. The molecule has 2 atom stereocenters. The van der Waals surface area contributed by atoms with Crippen molar-refractivity contribution in [2.75, 3.05) is 26.9 Å². The summed E-state index contributed by atoms with van der Waals surface area (Å²) in [7, 11) is 1.74. The van der Waals surface area contributed by atoms with Gasteiger partial charge in [0.05, 0.1) is 7.11 Å². The Hall–Kier alpha value is -1.06. The molecule has 0 aliphatic carbocycles. The average molecular weight is 263 g/mol. The molecule has 2 unspecified atom stereocenters. The normalized spacial score (nSPS) is 20.4. The molecule has 0 spiro atoms. The number of methoxy groups -OCH3 is 1. The zero-order chi connectivity index (χ0) is 13.5. The maximum atomic E-state index is 5.48. The number of rotatable bonds is 7. The van der Waals surface area contributed by atoms with E-state index in [2.05, 4.69) is 24.4 Å². The predicted octanol–water partition coefficient (Wildman–Crippen LogP) is 2.64. The maximum Gasteiger partial charge on any atom is 0.122 e. The summed E-state index contributed by atoms with van der Waals surface area (Å²) in [5, 5.41) is 3.60. The van der Waals surface area contributed by atoms with Gasteiger partial charge in [0.25, 0.3) is 0 Å². The van der Waals surface area contributed by atoms with Gasteiger partial charge in [-0.3, -0.25) is 0 Å². The van der Waals surface area contributed by atoms with E-state index in [4.69, 9.17) is 9.47 Å². The molecule has 1 aromatic carbocycles. The molecular formula is C16H25NO2. The minimum Gasteiger partial charge on any atom is -0.496 e. The van der Waals surface area contributed by atoms with Crippen molar-refractivity contribution in [3.05, 3.63) is 29.8 Å². The van der Waals surface area contributed by atoms with E-state index in [1.54, 1.807) is 7.11 Å². The molecule has 19 heavy (non-hydrogen) atoms. The molecule has 1 saturated heterocycles. The second kappa shape index (κ2) is 7.51. The van der Waals surface area contributed by atoms with Crippen LogP contribution in [0.5, 0.6) is 5.75 Å². The first-order valence-electron chi connectivity index (χ1n) is 7.26. The van der Waals surface area contributed by atoms with Crippen LogP contribution in [0.4, 0.5) is 0 Å². The lowest BCUT2D eigenvalue weighted by Gasteiger charge is -2.21. The fourth-order valence-electron chi connectivity index (χ4n) is 2.84. The third-order valence-corrected chi connectivity index (χ3v) is 3.79. The topological polar surface area (TPSA) is 30.5 Å². The number of likely N-dealkylation sites (N-methyl/N-ethyl adjacent to an activating group) is 1. The van der Waals surface area contributed by atoms with E-state index in [0.29, 0.717) is 12.0 Å². The summed E-state index contributed by atoms with van der Waals surface area (Å²) >= 11 is 0. The molecule has 2 rings (SSSR count). The van der Waals surface area contributed by atoms with Gasteiger partial charge >= 0.3 is 0 Å². The molecule has 106 valence electrons. The van der Waals surface area contributed by atoms with E-state index in [-0.39, 0.29) is 0 Å². The van der Waals surface area contributed by atoms with E-state index in [0.717, 1.165) is 31.9 Å². The van der Waals surface area contributed by atoms with Crippen molar-refractivity contribution in [1.29, 1.82) is 0 Å². The molecule has 1 aromatic rings. The molecule has 3 heteroatoms. The molecule has 0 amide bonds. The lowest BCUT2D eigenvalue weighted by molar-refractivity contribution is 0.181. The largest absolute Gasteiger partial charge is 0.496 e. The highest BCUT2D eigenvalue weighted by Crippen LogP contribution is 2.23. The van der Waals surface area contributed by atoms with Gasteiger partial charge in [0.2, 0.25) is 0 Å². The van der Waals surface area contributed by atoms with Crippen molar-refractivity contribution in [1.82, 2.24) is 5.32 Å². The first-order chi connectivity index (χ1) is 9.33. The first-order valence-corrected chi connectivity index (χ1v) is 7.26. The lowest BCUT2D eigenvalue weighted by Crippen LogP contribution is -2.33. The number of para-hydroxylation sites is 1. The second-order valence-electron chi connectivity index (χ2n) is 5.24. The number of benzene rings is 1. The zero-order valence-electron chi connectivity index (χ0n) is 12.0. The number of hydrogen-bond acceptors (Lipinski definition) is 3. The minimum atomic E-state index is 0.507. The van der Waals surface area contributed by atoms with E-state index < -0.39 is 0 Å². The predicted molar refractivity (Wildman–Crippen MR) is 77.7 cm³/mol. The molecule has 1 aliphatic rings. The van der Waals surface area contributed by atoms with Gasteiger partial charge in [-0.2, -0.15) is 0 Å². The molecule has 0 bridgehead atoms. The first kappa shape index (κ1) is 14.4. The van der Waals surface area contributed by atoms with Crippen LogP contribution in [0, 0.1) is 5.92 Å². The van der Waals surface area contributed by atoms with Crippen LogP contribution in [0.2, 0.25) is 0 Å². The van der Waals surface area contributed by atoms with Gasteiger partial charge in [-0.05, 0) is 43.4 Å². The number of hydrogen-bond donors (Lipinski definition) is 1. The quantitative estimate of drug-likeness (QED) is 0.820. The highest BCUT2D eigenvalue weighted by Gasteiger charge is 2.21. The van der Waals surface area contributed by atoms with Crippen LogP contribution >= 0.6 is 0 Å². The Kier molecular flexibility index (Phi) is 5.67. The van der Waals surface area contributed by atoms with Gasteiger partial charge in [-0.25, -0.2) is 0 Å². The van der Waals surface area contributed by atoms with Crippen LogP contribution in [0.15, 0.2) is 24.3 Å². The van der Waals surface area contributed by atoms with Gasteiger partial charge in [0.15, 0.2) is 0 Å². The summed E-state index contributed by atoms with van der Waals surface area (Å²) in [6.45, 7) is 5.03. The molecule has 1 aliphatic heterocycles. The van der Waals surface area contributed by atoms with Crippen LogP contribution in [0.3, 0.4) is 0 Å². The maximum absolute atomic E-state index is 5.48. The van der Waals surface area contributed by atoms with Crippen LogP contribution in [0.25, 0.3) is 0 Å². The highest BCUT2D eigenvalue weighted by molar-refractivity contribution is 5.33. The van der Waals surface area contributed by atoms with E-state index in [1.807, 2.05) is 12.1 Å². The SMILES string of the molecule is CCNC(Cc1ccccc1OC)CC1CCOC1. The van der Waals surface area contributed by atoms with Crippen molar-refractivity contribution < 1.29 is 9.47 Å². The Morgan fingerprint density at radius 3 is 2.95 bits per heavy atom. The summed E-state index contributed by atoms with van der Waals surface area (Å²) in [4.78, 5) is 0. The molecule has 0 radical (unpaired) electrons. The van der Waals surface area contributed by atoms with Crippen molar-refractivity contribution in [2.45, 2.75) is 32.2 Å².